The van der Waals surface area contributed by atoms with Crippen LogP contribution in [0.25, 0.3) is 5.76 Å². The molecular weight excluding hydrogens is 458 g/mol. The fraction of sp³-hybridized carbons (Fsp3) is 0.207. The Bertz CT molecular complexity index is 1400. The molecule has 1 aliphatic heterocycles. The molecule has 7 nitrogen and oxygen atoms in total. The highest BCUT2D eigenvalue weighted by molar-refractivity contribution is 6.51. The Kier molecular flexibility index (Phi) is 6.66. The van der Waals surface area contributed by atoms with E-state index in [0.29, 0.717) is 28.3 Å². The third kappa shape index (κ3) is 4.47. The lowest BCUT2D eigenvalue weighted by Crippen LogP contribution is -2.29. The summed E-state index contributed by atoms with van der Waals surface area (Å²) >= 11 is 0. The van der Waals surface area contributed by atoms with Crippen LogP contribution in [0.2, 0.25) is 0 Å². The van der Waals surface area contributed by atoms with Crippen LogP contribution in [-0.2, 0) is 14.4 Å². The van der Waals surface area contributed by atoms with Crippen molar-refractivity contribution in [2.45, 2.75) is 33.7 Å². The maximum absolute atomic E-state index is 13.4. The van der Waals surface area contributed by atoms with E-state index < -0.39 is 23.7 Å². The number of carbonyl (C=O) groups excluding carboxylic acids is 3. The van der Waals surface area contributed by atoms with Crippen molar-refractivity contribution in [3.63, 3.8) is 0 Å². The van der Waals surface area contributed by atoms with Crippen molar-refractivity contribution >= 4 is 29.1 Å². The van der Waals surface area contributed by atoms with Crippen LogP contribution in [0.15, 0.2) is 66.2 Å². The van der Waals surface area contributed by atoms with E-state index in [9.17, 15) is 19.5 Å². The molecule has 0 spiro atoms. The summed E-state index contributed by atoms with van der Waals surface area (Å²) in [4.78, 5) is 39.6. The molecule has 1 amide bonds. The van der Waals surface area contributed by atoms with Gasteiger partial charge in [0.2, 0.25) is 0 Å². The summed E-state index contributed by atoms with van der Waals surface area (Å²) in [6, 6.07) is 16.3. The summed E-state index contributed by atoms with van der Waals surface area (Å²) in [5.74, 6) is -1.64. The zero-order valence-electron chi connectivity index (χ0n) is 20.8. The zero-order valence-corrected chi connectivity index (χ0v) is 20.8. The van der Waals surface area contributed by atoms with E-state index in [1.165, 1.54) is 18.9 Å². The summed E-state index contributed by atoms with van der Waals surface area (Å²) in [7, 11) is 1.47. The summed E-state index contributed by atoms with van der Waals surface area (Å²) < 4.78 is 10.6. The maximum Gasteiger partial charge on any atom is 0.308 e. The Morgan fingerprint density at radius 1 is 0.917 bits per heavy atom. The molecule has 3 aromatic carbocycles. The number of methoxy groups -OCH3 is 1. The van der Waals surface area contributed by atoms with Crippen LogP contribution in [0.4, 0.5) is 5.69 Å². The van der Waals surface area contributed by atoms with Crippen molar-refractivity contribution in [3.05, 3.63) is 94.1 Å². The van der Waals surface area contributed by atoms with Gasteiger partial charge in [-0.2, -0.15) is 0 Å². The molecule has 1 atom stereocenters. The molecule has 1 N–H and O–H groups in total. The largest absolute Gasteiger partial charge is 0.507 e. The first-order valence-corrected chi connectivity index (χ1v) is 11.4. The van der Waals surface area contributed by atoms with Gasteiger partial charge < -0.3 is 14.6 Å². The van der Waals surface area contributed by atoms with E-state index in [0.717, 1.165) is 16.7 Å². The number of aliphatic hydroxyl groups excluding tert-OH is 1. The SMILES string of the molecule is COc1ccc(C)cc1/C(O)=C1\C(=O)C(=O)N(c2ccc(C)c(C)c2)C1c1ccc(OC(C)=O)cc1. The Morgan fingerprint density at radius 2 is 1.61 bits per heavy atom. The number of ether oxygens (including phenoxy) is 2. The molecule has 1 unspecified atom stereocenters. The van der Waals surface area contributed by atoms with Crippen molar-refractivity contribution in [2.24, 2.45) is 0 Å². The maximum atomic E-state index is 13.4. The fourth-order valence-corrected chi connectivity index (χ4v) is 4.33. The lowest BCUT2D eigenvalue weighted by Gasteiger charge is -2.26. The second-order valence-corrected chi connectivity index (χ2v) is 8.80. The van der Waals surface area contributed by atoms with Gasteiger partial charge in [0.1, 0.15) is 17.3 Å². The lowest BCUT2D eigenvalue weighted by atomic mass is 9.94. The minimum absolute atomic E-state index is 0.0534. The van der Waals surface area contributed by atoms with Crippen LogP contribution in [0, 0.1) is 20.8 Å². The number of anilines is 1. The topological polar surface area (TPSA) is 93.1 Å². The molecule has 0 saturated carbocycles. The number of benzene rings is 3. The highest BCUT2D eigenvalue weighted by Gasteiger charge is 2.47. The van der Waals surface area contributed by atoms with Gasteiger partial charge in [-0.1, -0.05) is 29.8 Å². The summed E-state index contributed by atoms with van der Waals surface area (Å²) in [6.07, 6.45) is 0. The van der Waals surface area contributed by atoms with Crippen molar-refractivity contribution in [1.29, 1.82) is 0 Å². The number of Topliss-reactive ketones (excluding diaryl/α,β-unsaturated/α-hetero) is 1. The summed E-state index contributed by atoms with van der Waals surface area (Å²) in [5.41, 5.74) is 4.21. The van der Waals surface area contributed by atoms with Gasteiger partial charge in [0.25, 0.3) is 11.7 Å². The monoisotopic (exact) mass is 485 g/mol. The normalized spacial score (nSPS) is 16.8. The summed E-state index contributed by atoms with van der Waals surface area (Å²) in [5, 5.41) is 11.4. The quantitative estimate of drug-likeness (QED) is 0.176. The first-order chi connectivity index (χ1) is 17.1. The van der Waals surface area contributed by atoms with Crippen LogP contribution in [0.3, 0.4) is 0 Å². The third-order valence-electron chi connectivity index (χ3n) is 6.28. The molecule has 0 bridgehead atoms. The Morgan fingerprint density at radius 3 is 2.22 bits per heavy atom. The van der Waals surface area contributed by atoms with Gasteiger partial charge >= 0.3 is 5.97 Å². The van der Waals surface area contributed by atoms with E-state index in [4.69, 9.17) is 9.47 Å². The zero-order chi connectivity index (χ0) is 26.1. The van der Waals surface area contributed by atoms with Gasteiger partial charge in [0.05, 0.1) is 24.3 Å². The molecule has 1 saturated heterocycles. The minimum Gasteiger partial charge on any atom is -0.507 e. The standard InChI is InChI=1S/C29H27NO6/c1-16-6-13-24(35-5)23(14-16)27(32)25-26(20-8-11-22(12-9-20)36-19(4)31)30(29(34)28(25)33)21-10-7-17(2)18(3)15-21/h6-15,26,32H,1-5H3/b27-25+. The van der Waals surface area contributed by atoms with Gasteiger partial charge in [-0.15, -0.1) is 0 Å². The molecule has 0 radical (unpaired) electrons. The third-order valence-corrected chi connectivity index (χ3v) is 6.28. The molecule has 184 valence electrons. The highest BCUT2D eigenvalue weighted by atomic mass is 16.5. The number of rotatable bonds is 5. The van der Waals surface area contributed by atoms with E-state index in [1.54, 1.807) is 42.5 Å². The second-order valence-electron chi connectivity index (χ2n) is 8.80. The van der Waals surface area contributed by atoms with E-state index in [2.05, 4.69) is 0 Å². The summed E-state index contributed by atoms with van der Waals surface area (Å²) in [6.45, 7) is 7.05. The minimum atomic E-state index is -0.913. The lowest BCUT2D eigenvalue weighted by molar-refractivity contribution is -0.132. The van der Waals surface area contributed by atoms with Gasteiger partial charge in [-0.3, -0.25) is 19.3 Å². The van der Waals surface area contributed by atoms with Gasteiger partial charge in [0, 0.05) is 12.6 Å². The molecule has 1 aliphatic rings. The smallest absolute Gasteiger partial charge is 0.308 e. The van der Waals surface area contributed by atoms with E-state index >= 15 is 0 Å². The number of esters is 1. The first-order valence-electron chi connectivity index (χ1n) is 11.4. The number of aliphatic hydroxyl groups is 1. The number of nitrogens with zero attached hydrogens (tertiary/aromatic N) is 1. The van der Waals surface area contributed by atoms with E-state index in [1.807, 2.05) is 39.0 Å². The molecule has 3 aromatic rings. The molecule has 1 fully saturated rings. The molecule has 7 heteroatoms. The van der Waals surface area contributed by atoms with E-state index in [-0.39, 0.29) is 11.3 Å². The number of amides is 1. The molecule has 0 aromatic heterocycles. The predicted molar refractivity (Wildman–Crippen MR) is 136 cm³/mol. The Hall–Kier alpha value is -4.39. The second kappa shape index (κ2) is 9.70. The highest BCUT2D eigenvalue weighted by Crippen LogP contribution is 2.44. The van der Waals surface area contributed by atoms with Gasteiger partial charge in [-0.25, -0.2) is 0 Å². The average molecular weight is 486 g/mol. The van der Waals surface area contributed by atoms with Crippen LogP contribution >= 0.6 is 0 Å². The van der Waals surface area contributed by atoms with Crippen LogP contribution in [0.5, 0.6) is 11.5 Å². The Balaban J connectivity index is 1.95. The number of ketones is 1. The molecule has 1 heterocycles. The van der Waals surface area contributed by atoms with Crippen LogP contribution in [0.1, 0.15) is 40.8 Å². The van der Waals surface area contributed by atoms with Crippen LogP contribution < -0.4 is 14.4 Å². The number of hydrogen-bond donors (Lipinski definition) is 1. The van der Waals surface area contributed by atoms with Crippen molar-refractivity contribution in [3.8, 4) is 11.5 Å². The van der Waals surface area contributed by atoms with Crippen molar-refractivity contribution in [2.75, 3.05) is 12.0 Å². The van der Waals surface area contributed by atoms with Crippen LogP contribution in [-0.4, -0.2) is 29.9 Å². The molecular formula is C29H27NO6. The first kappa shape index (κ1) is 24.7. The molecule has 4 rings (SSSR count). The average Bonchev–Trinajstić information content (AvgIpc) is 3.11. The van der Waals surface area contributed by atoms with Gasteiger partial charge in [-0.05, 0) is 73.9 Å². The number of aryl methyl sites for hydroxylation is 3. The number of hydrogen-bond acceptors (Lipinski definition) is 6. The molecule has 0 aliphatic carbocycles. The molecule has 36 heavy (non-hydrogen) atoms. The van der Waals surface area contributed by atoms with Gasteiger partial charge in [0.15, 0.2) is 0 Å². The van der Waals surface area contributed by atoms with Crippen molar-refractivity contribution in [1.82, 2.24) is 0 Å². The predicted octanol–water partition coefficient (Wildman–Crippen LogP) is 5.17. The number of carbonyl (C=O) groups is 3. The fourth-order valence-electron chi connectivity index (χ4n) is 4.33. The Labute approximate surface area is 209 Å². The van der Waals surface area contributed by atoms with Crippen molar-refractivity contribution < 1.29 is 29.0 Å².